The zero-order chi connectivity index (χ0) is 12.6. The molecule has 0 aromatic heterocycles. The van der Waals surface area contributed by atoms with Crippen LogP contribution < -0.4 is 0 Å². The Bertz CT molecular complexity index is 274. The van der Waals surface area contributed by atoms with Crippen LogP contribution in [0.2, 0.25) is 0 Å². The SMILES string of the molecule is C=C/C=C/CCC(C)(C(=O)CC)C(=O)OC. The van der Waals surface area contributed by atoms with E-state index in [0.717, 1.165) is 0 Å². The van der Waals surface area contributed by atoms with Crippen LogP contribution in [0, 0.1) is 5.41 Å². The number of carbonyl (C=O) groups excluding carboxylic acids is 2. The summed E-state index contributed by atoms with van der Waals surface area (Å²) in [5.74, 6) is -0.530. The average Bonchev–Trinajstić information content (AvgIpc) is 2.32. The first-order chi connectivity index (χ1) is 7.52. The summed E-state index contributed by atoms with van der Waals surface area (Å²) in [5.41, 5.74) is -1.02. The van der Waals surface area contributed by atoms with Gasteiger partial charge in [-0.05, 0) is 19.8 Å². The van der Waals surface area contributed by atoms with Gasteiger partial charge in [-0.15, -0.1) is 0 Å². The molecule has 0 spiro atoms. The fourth-order valence-corrected chi connectivity index (χ4v) is 1.54. The highest BCUT2D eigenvalue weighted by atomic mass is 16.5. The smallest absolute Gasteiger partial charge is 0.319 e. The Kier molecular flexibility index (Phi) is 6.38. The molecule has 0 bridgehead atoms. The van der Waals surface area contributed by atoms with Crippen molar-refractivity contribution in [3.8, 4) is 0 Å². The van der Waals surface area contributed by atoms with E-state index >= 15 is 0 Å². The van der Waals surface area contributed by atoms with Crippen LogP contribution in [0.5, 0.6) is 0 Å². The number of ether oxygens (including phenoxy) is 1. The summed E-state index contributed by atoms with van der Waals surface area (Å²) in [4.78, 5) is 23.4. The summed E-state index contributed by atoms with van der Waals surface area (Å²) in [6.07, 6.45) is 6.82. The van der Waals surface area contributed by atoms with Crippen molar-refractivity contribution >= 4 is 11.8 Å². The maximum absolute atomic E-state index is 11.8. The molecule has 1 atom stereocenters. The van der Waals surface area contributed by atoms with Crippen LogP contribution in [-0.2, 0) is 14.3 Å². The molecule has 0 rings (SSSR count). The normalized spacial score (nSPS) is 14.4. The van der Waals surface area contributed by atoms with Crippen molar-refractivity contribution in [2.24, 2.45) is 5.41 Å². The molecule has 0 saturated carbocycles. The summed E-state index contributed by atoms with van der Waals surface area (Å²) < 4.78 is 4.69. The Labute approximate surface area is 97.2 Å². The van der Waals surface area contributed by atoms with Gasteiger partial charge in [0.2, 0.25) is 0 Å². The monoisotopic (exact) mass is 224 g/mol. The highest BCUT2D eigenvalue weighted by molar-refractivity contribution is 6.03. The fourth-order valence-electron chi connectivity index (χ4n) is 1.54. The molecule has 3 nitrogen and oxygen atoms in total. The summed E-state index contributed by atoms with van der Waals surface area (Å²) in [6.45, 7) is 6.95. The van der Waals surface area contributed by atoms with Gasteiger partial charge in [-0.25, -0.2) is 0 Å². The zero-order valence-corrected chi connectivity index (χ0v) is 10.3. The second kappa shape index (κ2) is 6.99. The number of carbonyl (C=O) groups is 2. The summed E-state index contributed by atoms with van der Waals surface area (Å²) in [6, 6.07) is 0. The summed E-state index contributed by atoms with van der Waals surface area (Å²) in [7, 11) is 1.31. The lowest BCUT2D eigenvalue weighted by atomic mass is 9.80. The minimum absolute atomic E-state index is 0.0775. The molecule has 0 aliphatic heterocycles. The van der Waals surface area contributed by atoms with E-state index in [2.05, 4.69) is 6.58 Å². The molecule has 0 aromatic rings. The Balaban J connectivity index is 4.67. The van der Waals surface area contributed by atoms with E-state index in [4.69, 9.17) is 4.74 Å². The Hall–Kier alpha value is -1.38. The second-order valence-electron chi connectivity index (χ2n) is 3.80. The molecular weight excluding hydrogens is 204 g/mol. The lowest BCUT2D eigenvalue weighted by Crippen LogP contribution is -2.37. The number of esters is 1. The first-order valence-electron chi connectivity index (χ1n) is 5.42. The highest BCUT2D eigenvalue weighted by Gasteiger charge is 2.39. The van der Waals surface area contributed by atoms with Crippen molar-refractivity contribution in [1.82, 2.24) is 0 Å². The number of hydrogen-bond acceptors (Lipinski definition) is 3. The number of Topliss-reactive ketones (excluding diaryl/α,β-unsaturated/α-hetero) is 1. The first kappa shape index (κ1) is 14.6. The molecule has 0 amide bonds. The van der Waals surface area contributed by atoms with Crippen molar-refractivity contribution in [3.05, 3.63) is 24.8 Å². The number of rotatable bonds is 7. The van der Waals surface area contributed by atoms with Gasteiger partial charge in [0.05, 0.1) is 7.11 Å². The van der Waals surface area contributed by atoms with Gasteiger partial charge in [0, 0.05) is 6.42 Å². The maximum atomic E-state index is 11.8. The average molecular weight is 224 g/mol. The molecule has 0 N–H and O–H groups in total. The van der Waals surface area contributed by atoms with Crippen LogP contribution in [-0.4, -0.2) is 18.9 Å². The van der Waals surface area contributed by atoms with Crippen molar-refractivity contribution < 1.29 is 14.3 Å². The largest absolute Gasteiger partial charge is 0.468 e. The number of ketones is 1. The first-order valence-corrected chi connectivity index (χ1v) is 5.42. The van der Waals surface area contributed by atoms with Gasteiger partial charge in [0.15, 0.2) is 0 Å². The summed E-state index contributed by atoms with van der Waals surface area (Å²) in [5, 5.41) is 0. The lowest BCUT2D eigenvalue weighted by Gasteiger charge is -2.23. The lowest BCUT2D eigenvalue weighted by molar-refractivity contribution is -0.157. The van der Waals surface area contributed by atoms with Crippen molar-refractivity contribution in [3.63, 3.8) is 0 Å². The predicted molar refractivity (Wildman–Crippen MR) is 64.0 cm³/mol. The van der Waals surface area contributed by atoms with Gasteiger partial charge in [0.25, 0.3) is 0 Å². The van der Waals surface area contributed by atoms with Crippen molar-refractivity contribution in [1.29, 1.82) is 0 Å². The van der Waals surface area contributed by atoms with E-state index < -0.39 is 11.4 Å². The van der Waals surface area contributed by atoms with Crippen LogP contribution in [0.1, 0.15) is 33.1 Å². The maximum Gasteiger partial charge on any atom is 0.319 e. The molecule has 0 aliphatic rings. The fraction of sp³-hybridized carbons (Fsp3) is 0.538. The topological polar surface area (TPSA) is 43.4 Å². The molecule has 0 aliphatic carbocycles. The van der Waals surface area contributed by atoms with Gasteiger partial charge in [-0.3, -0.25) is 9.59 Å². The van der Waals surface area contributed by atoms with Crippen LogP contribution in [0.4, 0.5) is 0 Å². The number of methoxy groups -OCH3 is 1. The van der Waals surface area contributed by atoms with E-state index in [1.54, 1.807) is 26.0 Å². The molecule has 0 saturated heterocycles. The van der Waals surface area contributed by atoms with Crippen molar-refractivity contribution in [2.75, 3.05) is 7.11 Å². The van der Waals surface area contributed by atoms with Crippen LogP contribution >= 0.6 is 0 Å². The third-order valence-electron chi connectivity index (χ3n) is 2.66. The van der Waals surface area contributed by atoms with E-state index in [9.17, 15) is 9.59 Å². The van der Waals surface area contributed by atoms with E-state index in [1.807, 2.05) is 6.08 Å². The molecule has 0 radical (unpaired) electrons. The number of hydrogen-bond donors (Lipinski definition) is 0. The predicted octanol–water partition coefficient (Wildman–Crippen LogP) is 2.67. The minimum Gasteiger partial charge on any atom is -0.468 e. The Morgan fingerprint density at radius 3 is 2.50 bits per heavy atom. The molecule has 16 heavy (non-hydrogen) atoms. The molecule has 0 aromatic carbocycles. The van der Waals surface area contributed by atoms with E-state index in [-0.39, 0.29) is 5.78 Å². The van der Waals surface area contributed by atoms with Crippen LogP contribution in [0.3, 0.4) is 0 Å². The van der Waals surface area contributed by atoms with Gasteiger partial charge < -0.3 is 4.74 Å². The molecule has 3 heteroatoms. The van der Waals surface area contributed by atoms with Gasteiger partial charge in [-0.2, -0.15) is 0 Å². The highest BCUT2D eigenvalue weighted by Crippen LogP contribution is 2.28. The Morgan fingerprint density at radius 2 is 2.06 bits per heavy atom. The second-order valence-corrected chi connectivity index (χ2v) is 3.80. The molecular formula is C13H20O3. The van der Waals surface area contributed by atoms with Gasteiger partial charge in [0.1, 0.15) is 11.2 Å². The number of allylic oxidation sites excluding steroid dienone is 3. The third kappa shape index (κ3) is 3.65. The standard InChI is InChI=1S/C13H20O3/c1-5-7-8-9-10-13(3,11(14)6-2)12(15)16-4/h5,7-8H,1,6,9-10H2,2-4H3/b8-7+. The molecule has 0 fully saturated rings. The van der Waals surface area contributed by atoms with E-state index in [1.165, 1.54) is 7.11 Å². The van der Waals surface area contributed by atoms with Gasteiger partial charge >= 0.3 is 5.97 Å². The molecule has 0 heterocycles. The minimum atomic E-state index is -1.02. The van der Waals surface area contributed by atoms with E-state index in [0.29, 0.717) is 19.3 Å². The Morgan fingerprint density at radius 1 is 1.44 bits per heavy atom. The van der Waals surface area contributed by atoms with Crippen LogP contribution in [0.25, 0.3) is 0 Å². The van der Waals surface area contributed by atoms with Crippen LogP contribution in [0.15, 0.2) is 24.8 Å². The zero-order valence-electron chi connectivity index (χ0n) is 10.3. The quantitative estimate of drug-likeness (QED) is 0.379. The molecule has 1 unspecified atom stereocenters. The summed E-state index contributed by atoms with van der Waals surface area (Å²) >= 11 is 0. The van der Waals surface area contributed by atoms with Gasteiger partial charge in [-0.1, -0.05) is 31.7 Å². The third-order valence-corrected chi connectivity index (χ3v) is 2.66. The molecule has 90 valence electrons. The van der Waals surface area contributed by atoms with Crippen molar-refractivity contribution in [2.45, 2.75) is 33.1 Å².